The van der Waals surface area contributed by atoms with Gasteiger partial charge in [0.05, 0.1) is 22.5 Å². The average molecular weight is 304 g/mol. The van der Waals surface area contributed by atoms with Crippen LogP contribution >= 0.6 is 15.9 Å². The Bertz CT molecular complexity index is 437. The molecule has 0 fully saturated rings. The molecular weight excluding hydrogens is 290 g/mol. The highest BCUT2D eigenvalue weighted by Gasteiger charge is 2.25. The second-order valence-corrected chi connectivity index (χ2v) is 4.63. The first-order chi connectivity index (χ1) is 7.88. The molecule has 6 nitrogen and oxygen atoms in total. The van der Waals surface area contributed by atoms with E-state index in [1.807, 2.05) is 25.9 Å². The maximum atomic E-state index is 11.0. The molecule has 0 amide bonds. The maximum absolute atomic E-state index is 11.0. The minimum atomic E-state index is -0.438. The predicted molar refractivity (Wildman–Crippen MR) is 67.2 cm³/mol. The first kappa shape index (κ1) is 13.9. The molecule has 1 unspecified atom stereocenters. The third-order valence-electron chi connectivity index (χ3n) is 2.51. The summed E-state index contributed by atoms with van der Waals surface area (Å²) in [7, 11) is 5.15. The summed E-state index contributed by atoms with van der Waals surface area (Å²) in [6.07, 6.45) is 0. The molecule has 0 spiro atoms. The summed E-state index contributed by atoms with van der Waals surface area (Å²) in [4.78, 5) is 16.6. The Kier molecular flexibility index (Phi) is 4.41. The van der Waals surface area contributed by atoms with Gasteiger partial charge in [-0.15, -0.1) is 0 Å². The predicted octanol–water partition coefficient (Wildman–Crippen LogP) is 2.38. The van der Waals surface area contributed by atoms with Gasteiger partial charge < -0.3 is 9.64 Å². The summed E-state index contributed by atoms with van der Waals surface area (Å²) in [5.74, 6) is 0.347. The van der Waals surface area contributed by atoms with E-state index >= 15 is 0 Å². The minimum absolute atomic E-state index is 0.0149. The standard InChI is InChI=1S/C10H14BrN3O3/c1-6(13(2)3)9-8(14(15)16)5-7(11)10(12-9)17-4/h5-6H,1-4H3. The van der Waals surface area contributed by atoms with Crippen LogP contribution in [-0.2, 0) is 0 Å². The van der Waals surface area contributed by atoms with Crippen molar-refractivity contribution in [3.05, 3.63) is 26.3 Å². The SMILES string of the molecule is COc1nc(C(C)N(C)C)c([N+](=O)[O-])cc1Br. The molecule has 1 aromatic heterocycles. The van der Waals surface area contributed by atoms with Gasteiger partial charge >= 0.3 is 0 Å². The quantitative estimate of drug-likeness (QED) is 0.631. The van der Waals surface area contributed by atoms with E-state index in [1.54, 1.807) is 0 Å². The monoisotopic (exact) mass is 303 g/mol. The van der Waals surface area contributed by atoms with Crippen molar-refractivity contribution in [3.8, 4) is 5.88 Å². The molecular formula is C10H14BrN3O3. The number of hydrogen-bond acceptors (Lipinski definition) is 5. The number of ether oxygens (including phenoxy) is 1. The van der Waals surface area contributed by atoms with Crippen molar-refractivity contribution in [2.75, 3.05) is 21.2 Å². The molecule has 0 aromatic carbocycles. The van der Waals surface area contributed by atoms with Crippen molar-refractivity contribution in [2.24, 2.45) is 0 Å². The molecule has 94 valence electrons. The molecule has 7 heteroatoms. The van der Waals surface area contributed by atoms with Crippen LogP contribution in [0.2, 0.25) is 0 Å². The molecule has 0 bridgehead atoms. The molecule has 0 aliphatic heterocycles. The van der Waals surface area contributed by atoms with Crippen molar-refractivity contribution in [3.63, 3.8) is 0 Å². The number of rotatable bonds is 4. The van der Waals surface area contributed by atoms with E-state index < -0.39 is 4.92 Å². The lowest BCUT2D eigenvalue weighted by molar-refractivity contribution is -0.386. The van der Waals surface area contributed by atoms with Gasteiger partial charge in [-0.05, 0) is 36.9 Å². The normalized spacial score (nSPS) is 12.6. The Morgan fingerprint density at radius 1 is 1.59 bits per heavy atom. The number of hydrogen-bond donors (Lipinski definition) is 0. The molecule has 17 heavy (non-hydrogen) atoms. The Hall–Kier alpha value is -1.21. The number of methoxy groups -OCH3 is 1. The Morgan fingerprint density at radius 3 is 2.59 bits per heavy atom. The molecule has 1 heterocycles. The molecule has 0 radical (unpaired) electrons. The molecule has 0 aliphatic carbocycles. The second kappa shape index (κ2) is 5.42. The highest BCUT2D eigenvalue weighted by Crippen LogP contribution is 2.33. The van der Waals surface area contributed by atoms with Crippen LogP contribution in [0.15, 0.2) is 10.5 Å². The summed E-state index contributed by atoms with van der Waals surface area (Å²) in [6, 6.07) is 1.25. The van der Waals surface area contributed by atoms with Crippen LogP contribution in [0.4, 0.5) is 5.69 Å². The van der Waals surface area contributed by atoms with Gasteiger partial charge in [0.2, 0.25) is 5.88 Å². The summed E-state index contributed by atoms with van der Waals surface area (Å²) in [6.45, 7) is 1.85. The lowest BCUT2D eigenvalue weighted by atomic mass is 10.1. The van der Waals surface area contributed by atoms with E-state index in [2.05, 4.69) is 20.9 Å². The fraction of sp³-hybridized carbons (Fsp3) is 0.500. The zero-order valence-electron chi connectivity index (χ0n) is 10.1. The van der Waals surface area contributed by atoms with Gasteiger partial charge in [-0.3, -0.25) is 10.1 Å². The van der Waals surface area contributed by atoms with Gasteiger partial charge in [0, 0.05) is 6.07 Å². The summed E-state index contributed by atoms with van der Waals surface area (Å²) < 4.78 is 5.52. The van der Waals surface area contributed by atoms with Crippen molar-refractivity contribution >= 4 is 21.6 Å². The van der Waals surface area contributed by atoms with Crippen molar-refractivity contribution in [1.29, 1.82) is 0 Å². The molecule has 0 N–H and O–H groups in total. The number of halogens is 1. The molecule has 1 atom stereocenters. The lowest BCUT2D eigenvalue weighted by Crippen LogP contribution is -2.19. The topological polar surface area (TPSA) is 68.5 Å². The Morgan fingerprint density at radius 2 is 2.18 bits per heavy atom. The Balaban J connectivity index is 3.38. The second-order valence-electron chi connectivity index (χ2n) is 3.78. The van der Waals surface area contributed by atoms with Crippen LogP contribution in [0.25, 0.3) is 0 Å². The van der Waals surface area contributed by atoms with Gasteiger partial charge in [0.25, 0.3) is 5.69 Å². The zero-order chi connectivity index (χ0) is 13.2. The fourth-order valence-electron chi connectivity index (χ4n) is 1.32. The molecule has 1 aromatic rings. The third-order valence-corrected chi connectivity index (χ3v) is 3.08. The first-order valence-corrected chi connectivity index (χ1v) is 5.73. The van der Waals surface area contributed by atoms with Gasteiger partial charge in [-0.1, -0.05) is 0 Å². The fourth-order valence-corrected chi connectivity index (χ4v) is 1.78. The van der Waals surface area contributed by atoms with E-state index in [4.69, 9.17) is 4.74 Å². The number of nitrogens with zero attached hydrogens (tertiary/aromatic N) is 3. The summed E-state index contributed by atoms with van der Waals surface area (Å²) in [5.41, 5.74) is 0.374. The first-order valence-electron chi connectivity index (χ1n) is 4.93. The maximum Gasteiger partial charge on any atom is 0.293 e. The average Bonchev–Trinajstić information content (AvgIpc) is 2.27. The lowest BCUT2D eigenvalue weighted by Gasteiger charge is -2.19. The molecule has 0 saturated carbocycles. The van der Waals surface area contributed by atoms with Crippen LogP contribution in [0.5, 0.6) is 5.88 Å². The highest BCUT2D eigenvalue weighted by atomic mass is 79.9. The van der Waals surface area contributed by atoms with Crippen molar-refractivity contribution in [2.45, 2.75) is 13.0 Å². The van der Waals surface area contributed by atoms with Crippen LogP contribution in [-0.4, -0.2) is 36.0 Å². The third kappa shape index (κ3) is 2.92. The van der Waals surface area contributed by atoms with E-state index in [0.717, 1.165) is 0 Å². The number of aromatic nitrogens is 1. The summed E-state index contributed by atoms with van der Waals surface area (Å²) >= 11 is 3.19. The van der Waals surface area contributed by atoms with E-state index in [-0.39, 0.29) is 11.7 Å². The Labute approximate surface area is 108 Å². The number of nitro groups is 1. The smallest absolute Gasteiger partial charge is 0.293 e. The number of pyridine rings is 1. The van der Waals surface area contributed by atoms with E-state index in [1.165, 1.54) is 13.2 Å². The molecule has 0 aliphatic rings. The van der Waals surface area contributed by atoms with Crippen LogP contribution in [0, 0.1) is 10.1 Å². The minimum Gasteiger partial charge on any atom is -0.480 e. The van der Waals surface area contributed by atoms with Crippen LogP contribution < -0.4 is 4.74 Å². The van der Waals surface area contributed by atoms with Gasteiger partial charge in [0.1, 0.15) is 5.69 Å². The van der Waals surface area contributed by atoms with Gasteiger partial charge in [-0.25, -0.2) is 4.98 Å². The molecule has 1 rings (SSSR count). The van der Waals surface area contributed by atoms with Crippen LogP contribution in [0.3, 0.4) is 0 Å². The van der Waals surface area contributed by atoms with E-state index in [9.17, 15) is 10.1 Å². The zero-order valence-corrected chi connectivity index (χ0v) is 11.7. The van der Waals surface area contributed by atoms with E-state index in [0.29, 0.717) is 16.0 Å². The largest absolute Gasteiger partial charge is 0.480 e. The van der Waals surface area contributed by atoms with Crippen molar-refractivity contribution in [1.82, 2.24) is 9.88 Å². The highest BCUT2D eigenvalue weighted by molar-refractivity contribution is 9.10. The van der Waals surface area contributed by atoms with Gasteiger partial charge in [-0.2, -0.15) is 0 Å². The molecule has 0 saturated heterocycles. The van der Waals surface area contributed by atoms with Crippen molar-refractivity contribution < 1.29 is 9.66 Å². The van der Waals surface area contributed by atoms with Crippen LogP contribution in [0.1, 0.15) is 18.7 Å². The van der Waals surface area contributed by atoms with Gasteiger partial charge in [0.15, 0.2) is 0 Å². The summed E-state index contributed by atoms with van der Waals surface area (Å²) in [5, 5.41) is 11.0.